The van der Waals surface area contributed by atoms with Gasteiger partial charge in [-0.3, -0.25) is 14.6 Å². The predicted molar refractivity (Wildman–Crippen MR) is 148 cm³/mol. The van der Waals surface area contributed by atoms with Crippen molar-refractivity contribution in [3.63, 3.8) is 0 Å². The number of carbonyl (C=O) groups is 2. The van der Waals surface area contributed by atoms with Crippen LogP contribution >= 0.6 is 0 Å². The average Bonchev–Trinajstić information content (AvgIpc) is 3.60. The van der Waals surface area contributed by atoms with Crippen molar-refractivity contribution >= 4 is 17.5 Å². The monoisotopic (exact) mass is 631 g/mol. The predicted octanol–water partition coefficient (Wildman–Crippen LogP) is 6.61. The highest BCUT2D eigenvalue weighted by Crippen LogP contribution is 2.40. The van der Waals surface area contributed by atoms with Crippen molar-refractivity contribution in [3.05, 3.63) is 94.7 Å². The normalized spacial score (nSPS) is 16.0. The van der Waals surface area contributed by atoms with Gasteiger partial charge in [0.1, 0.15) is 5.82 Å². The fourth-order valence-corrected chi connectivity index (χ4v) is 5.87. The third-order valence-corrected chi connectivity index (χ3v) is 8.10. The van der Waals surface area contributed by atoms with Crippen molar-refractivity contribution in [1.29, 1.82) is 0 Å². The van der Waals surface area contributed by atoms with E-state index in [-0.39, 0.29) is 60.2 Å². The summed E-state index contributed by atoms with van der Waals surface area (Å²) in [6.07, 6.45) is -6.73. The maximum absolute atomic E-state index is 15.0. The van der Waals surface area contributed by atoms with Crippen LogP contribution in [0.5, 0.6) is 0 Å². The van der Waals surface area contributed by atoms with E-state index in [1.54, 1.807) is 19.1 Å². The molecule has 6 rings (SSSR count). The van der Waals surface area contributed by atoms with E-state index in [1.165, 1.54) is 40.4 Å². The summed E-state index contributed by atoms with van der Waals surface area (Å²) < 4.78 is 98.0. The third kappa shape index (κ3) is 5.53. The molecule has 0 saturated carbocycles. The largest absolute Gasteiger partial charge is 0.418 e. The molecule has 14 heteroatoms. The summed E-state index contributed by atoms with van der Waals surface area (Å²) in [5, 5.41) is 4.16. The summed E-state index contributed by atoms with van der Waals surface area (Å²) in [7, 11) is 0. The molecular formula is C31H24F7N5O2. The molecule has 0 radical (unpaired) electrons. The van der Waals surface area contributed by atoms with E-state index in [4.69, 9.17) is 0 Å². The number of alkyl halides is 6. The van der Waals surface area contributed by atoms with Crippen LogP contribution in [0.1, 0.15) is 45.6 Å². The number of nitrogens with zero attached hydrogens (tertiary/aromatic N) is 5. The molecule has 45 heavy (non-hydrogen) atoms. The summed E-state index contributed by atoms with van der Waals surface area (Å²) in [5.41, 5.74) is -2.46. The van der Waals surface area contributed by atoms with Crippen molar-refractivity contribution in [2.75, 3.05) is 18.0 Å². The number of halogens is 7. The number of pyridine rings is 1. The highest BCUT2D eigenvalue weighted by atomic mass is 19.4. The Morgan fingerprint density at radius 3 is 2.33 bits per heavy atom. The second kappa shape index (κ2) is 11.0. The Kier molecular flexibility index (Phi) is 7.40. The lowest BCUT2D eigenvalue weighted by Gasteiger charge is -2.37. The molecule has 4 heterocycles. The van der Waals surface area contributed by atoms with Gasteiger partial charge in [-0.25, -0.2) is 9.07 Å². The molecule has 2 aromatic heterocycles. The lowest BCUT2D eigenvalue weighted by Crippen LogP contribution is -2.48. The van der Waals surface area contributed by atoms with Crippen LogP contribution in [0.25, 0.3) is 16.9 Å². The number of hydrogen-bond acceptors (Lipinski definition) is 4. The number of carbonyl (C=O) groups excluding carboxylic acids is 2. The van der Waals surface area contributed by atoms with Crippen molar-refractivity contribution in [1.82, 2.24) is 19.7 Å². The molecule has 2 amide bonds. The van der Waals surface area contributed by atoms with E-state index in [9.17, 15) is 35.9 Å². The fourth-order valence-electron chi connectivity index (χ4n) is 5.87. The van der Waals surface area contributed by atoms with Crippen LogP contribution in [-0.4, -0.2) is 50.6 Å². The maximum Gasteiger partial charge on any atom is 0.418 e. The topological polar surface area (TPSA) is 71.3 Å². The van der Waals surface area contributed by atoms with Crippen LogP contribution in [-0.2, 0) is 23.6 Å². The van der Waals surface area contributed by atoms with Crippen LogP contribution in [0.3, 0.4) is 0 Å². The minimum atomic E-state index is -5.18. The van der Waals surface area contributed by atoms with Gasteiger partial charge in [0, 0.05) is 37.1 Å². The first-order valence-corrected chi connectivity index (χ1v) is 13.9. The van der Waals surface area contributed by atoms with Gasteiger partial charge in [-0.15, -0.1) is 0 Å². The first-order chi connectivity index (χ1) is 21.2. The van der Waals surface area contributed by atoms with Crippen molar-refractivity contribution in [2.45, 2.75) is 44.6 Å². The molecule has 0 bridgehead atoms. The minimum absolute atomic E-state index is 0.0108. The molecule has 2 aliphatic rings. The van der Waals surface area contributed by atoms with Gasteiger partial charge in [-0.2, -0.15) is 31.4 Å². The van der Waals surface area contributed by atoms with Gasteiger partial charge in [0.25, 0.3) is 5.91 Å². The van der Waals surface area contributed by atoms with Gasteiger partial charge in [0.15, 0.2) is 5.69 Å². The highest BCUT2D eigenvalue weighted by Gasteiger charge is 2.41. The lowest BCUT2D eigenvalue weighted by atomic mass is 10.0. The molecule has 0 N–H and O–H groups in total. The van der Waals surface area contributed by atoms with Gasteiger partial charge in [-0.05, 0) is 67.3 Å². The highest BCUT2D eigenvalue weighted by molar-refractivity contribution is 6.02. The Hall–Kier alpha value is -4.75. The summed E-state index contributed by atoms with van der Waals surface area (Å²) in [6.45, 7) is 1.91. The van der Waals surface area contributed by atoms with E-state index in [0.29, 0.717) is 36.1 Å². The standard InChI is InChI=1S/C31H24F7N5O2/c1-17-4-5-18-13-26(44)42(28(18)27(17)32)21-8-11-41(12-9-21)29(45)23-15-25(19-3-2-10-39-16-19)43(40-23)24-7-6-20(30(33,34)35)14-22(24)31(36,37)38/h2-7,10,14-16,21H,8-9,11-13H2,1H3. The molecule has 7 nitrogen and oxygen atoms in total. The van der Waals surface area contributed by atoms with E-state index in [0.717, 1.165) is 4.68 Å². The molecule has 2 aliphatic heterocycles. The summed E-state index contributed by atoms with van der Waals surface area (Å²) in [4.78, 5) is 33.3. The van der Waals surface area contributed by atoms with Crippen LogP contribution in [0.2, 0.25) is 0 Å². The zero-order valence-electron chi connectivity index (χ0n) is 23.6. The number of benzene rings is 2. The minimum Gasteiger partial charge on any atom is -0.337 e. The fraction of sp³-hybridized carbons (Fsp3) is 0.290. The van der Waals surface area contributed by atoms with E-state index in [1.807, 2.05) is 0 Å². The molecule has 1 fully saturated rings. The number of piperidine rings is 1. The van der Waals surface area contributed by atoms with Gasteiger partial charge in [-0.1, -0.05) is 12.1 Å². The van der Waals surface area contributed by atoms with Gasteiger partial charge < -0.3 is 9.80 Å². The third-order valence-electron chi connectivity index (χ3n) is 8.10. The lowest BCUT2D eigenvalue weighted by molar-refractivity contribution is -0.143. The summed E-state index contributed by atoms with van der Waals surface area (Å²) in [5.74, 6) is -1.32. The van der Waals surface area contributed by atoms with Crippen molar-refractivity contribution in [3.8, 4) is 16.9 Å². The number of anilines is 1. The molecule has 2 aromatic carbocycles. The quantitative estimate of drug-likeness (QED) is 0.238. The number of amides is 2. The van der Waals surface area contributed by atoms with E-state index < -0.39 is 40.9 Å². The van der Waals surface area contributed by atoms with Crippen LogP contribution in [0, 0.1) is 12.7 Å². The van der Waals surface area contributed by atoms with Crippen LogP contribution in [0.15, 0.2) is 60.9 Å². The molecule has 0 aliphatic carbocycles. The summed E-state index contributed by atoms with van der Waals surface area (Å²) in [6, 6.07) is 8.47. The van der Waals surface area contributed by atoms with Crippen LogP contribution < -0.4 is 4.90 Å². The first kappa shape index (κ1) is 30.3. The Bertz CT molecular complexity index is 1790. The van der Waals surface area contributed by atoms with Gasteiger partial charge in [0.05, 0.1) is 34.6 Å². The number of hydrogen-bond donors (Lipinski definition) is 0. The smallest absolute Gasteiger partial charge is 0.337 e. The molecule has 0 atom stereocenters. The molecular weight excluding hydrogens is 607 g/mol. The Balaban J connectivity index is 1.32. The zero-order valence-corrected chi connectivity index (χ0v) is 23.6. The molecule has 1 saturated heterocycles. The van der Waals surface area contributed by atoms with Gasteiger partial charge >= 0.3 is 12.4 Å². The maximum atomic E-state index is 15.0. The summed E-state index contributed by atoms with van der Waals surface area (Å²) >= 11 is 0. The second-order valence-corrected chi connectivity index (χ2v) is 11.0. The first-order valence-electron chi connectivity index (χ1n) is 13.9. The molecule has 0 spiro atoms. The van der Waals surface area contributed by atoms with Crippen LogP contribution in [0.4, 0.5) is 36.4 Å². The number of likely N-dealkylation sites (tertiary alicyclic amines) is 1. The zero-order chi connectivity index (χ0) is 32.3. The Morgan fingerprint density at radius 1 is 0.956 bits per heavy atom. The SMILES string of the molecule is Cc1ccc2c(c1F)N(C1CCN(C(=O)c3cc(-c4cccnc4)n(-c4ccc(C(F)(F)F)cc4C(F)(F)F)n3)CC1)C(=O)C2. The molecule has 4 aromatic rings. The number of fused-ring (bicyclic) bond motifs is 1. The number of aryl methyl sites for hydroxylation is 1. The van der Waals surface area contributed by atoms with E-state index >= 15 is 4.39 Å². The number of rotatable bonds is 4. The Morgan fingerprint density at radius 2 is 1.69 bits per heavy atom. The molecule has 234 valence electrons. The average molecular weight is 632 g/mol. The second-order valence-electron chi connectivity index (χ2n) is 11.0. The van der Waals surface area contributed by atoms with E-state index in [2.05, 4.69) is 10.1 Å². The molecule has 0 unspecified atom stereocenters. The van der Waals surface area contributed by atoms with Crippen molar-refractivity contribution < 1.29 is 40.3 Å². The van der Waals surface area contributed by atoms with Gasteiger partial charge in [0.2, 0.25) is 5.91 Å². The van der Waals surface area contributed by atoms with Crippen molar-refractivity contribution in [2.24, 2.45) is 0 Å². The Labute approximate surface area is 251 Å². The number of aromatic nitrogens is 3.